The number of likely N-dealkylation sites (tertiary alicyclic amines) is 1. The minimum Gasteiger partial charge on any atom is -0.444 e. The van der Waals surface area contributed by atoms with Crippen LogP contribution in [0.15, 0.2) is 34.8 Å². The average Bonchev–Trinajstić information content (AvgIpc) is 3.43. The van der Waals surface area contributed by atoms with Crippen LogP contribution in [0.4, 0.5) is 4.79 Å². The zero-order valence-electron chi connectivity index (χ0n) is 25.8. The number of hydrazine groups is 1. The lowest BCUT2D eigenvalue weighted by molar-refractivity contribution is -0.146. The molecular weight excluding hydrogens is 616 g/mol. The Bertz CT molecular complexity index is 1360. The van der Waals surface area contributed by atoms with Gasteiger partial charge >= 0.3 is 6.09 Å². The monoisotopic (exact) mass is 658 g/mol. The second-order valence-electron chi connectivity index (χ2n) is 12.7. The first-order valence-electron chi connectivity index (χ1n) is 15.0. The van der Waals surface area contributed by atoms with Crippen molar-refractivity contribution >= 4 is 50.6 Å². The molecule has 0 radical (unpaired) electrons. The molecule has 2 aliphatic rings. The molecule has 4 rings (SSSR count). The van der Waals surface area contributed by atoms with Crippen molar-refractivity contribution in [2.45, 2.75) is 97.0 Å². The van der Waals surface area contributed by atoms with Crippen LogP contribution in [0.25, 0.3) is 10.9 Å². The summed E-state index contributed by atoms with van der Waals surface area (Å²) in [4.78, 5) is 59.2. The van der Waals surface area contributed by atoms with Gasteiger partial charge in [0.05, 0.1) is 17.3 Å². The molecule has 2 fully saturated rings. The molecule has 2 aliphatic heterocycles. The molecule has 3 N–H and O–H groups in total. The average molecular weight is 660 g/mol. The summed E-state index contributed by atoms with van der Waals surface area (Å²) in [5, 5.41) is 7.80. The van der Waals surface area contributed by atoms with Crippen molar-refractivity contribution in [3.8, 4) is 0 Å². The highest BCUT2D eigenvalue weighted by Gasteiger charge is 2.38. The molecule has 0 spiro atoms. The van der Waals surface area contributed by atoms with Gasteiger partial charge in [-0.25, -0.2) is 10.2 Å². The fourth-order valence-electron chi connectivity index (χ4n) is 5.52. The quantitative estimate of drug-likeness (QED) is 0.406. The van der Waals surface area contributed by atoms with Crippen molar-refractivity contribution in [1.82, 2.24) is 31.0 Å². The first kappa shape index (κ1) is 32.7. The Labute approximate surface area is 261 Å². The topological polar surface area (TPSA) is 133 Å². The van der Waals surface area contributed by atoms with Crippen LogP contribution < -0.4 is 16.1 Å². The fourth-order valence-corrected chi connectivity index (χ4v) is 5.87. The third-order valence-electron chi connectivity index (χ3n) is 7.65. The minimum absolute atomic E-state index is 0.0609. The van der Waals surface area contributed by atoms with Crippen LogP contribution in [0, 0.1) is 5.92 Å². The number of amides is 4. The van der Waals surface area contributed by atoms with Gasteiger partial charge in [0.2, 0.25) is 11.8 Å². The third-order valence-corrected chi connectivity index (χ3v) is 8.15. The van der Waals surface area contributed by atoms with E-state index in [0.29, 0.717) is 25.9 Å². The molecule has 12 heteroatoms. The number of hydrogen-bond acceptors (Lipinski definition) is 7. The third kappa shape index (κ3) is 8.23. The molecule has 11 nitrogen and oxygen atoms in total. The summed E-state index contributed by atoms with van der Waals surface area (Å²) in [7, 11) is 0. The summed E-state index contributed by atoms with van der Waals surface area (Å²) < 4.78 is 6.24. The van der Waals surface area contributed by atoms with Crippen LogP contribution in [0.3, 0.4) is 0 Å². The van der Waals surface area contributed by atoms with Crippen molar-refractivity contribution < 1.29 is 23.9 Å². The van der Waals surface area contributed by atoms with E-state index in [-0.39, 0.29) is 23.8 Å². The zero-order chi connectivity index (χ0) is 31.5. The lowest BCUT2D eigenvalue weighted by Crippen LogP contribution is -2.62. The Hall–Kier alpha value is -3.25. The van der Waals surface area contributed by atoms with Gasteiger partial charge < -0.3 is 20.3 Å². The molecule has 0 bridgehead atoms. The predicted molar refractivity (Wildman–Crippen MR) is 167 cm³/mol. The van der Waals surface area contributed by atoms with Gasteiger partial charge in [-0.15, -0.1) is 0 Å². The van der Waals surface area contributed by atoms with E-state index in [1.165, 1.54) is 5.01 Å². The van der Waals surface area contributed by atoms with E-state index in [9.17, 15) is 19.2 Å². The molecule has 43 heavy (non-hydrogen) atoms. The Balaban J connectivity index is 1.38. The van der Waals surface area contributed by atoms with Gasteiger partial charge in [0.25, 0.3) is 5.91 Å². The molecule has 3 heterocycles. The fraction of sp³-hybridized carbons (Fsp3) is 0.581. The number of pyridine rings is 1. The van der Waals surface area contributed by atoms with Gasteiger partial charge in [0.1, 0.15) is 23.7 Å². The first-order chi connectivity index (χ1) is 20.2. The molecule has 2 saturated heterocycles. The number of fused-ring (bicyclic) bond motifs is 1. The predicted octanol–water partition coefficient (Wildman–Crippen LogP) is 4.21. The van der Waals surface area contributed by atoms with E-state index in [1.54, 1.807) is 41.5 Å². The zero-order valence-corrected chi connectivity index (χ0v) is 27.4. The smallest absolute Gasteiger partial charge is 0.408 e. The summed E-state index contributed by atoms with van der Waals surface area (Å²) >= 11 is 3.51. The first-order valence-corrected chi connectivity index (χ1v) is 15.8. The molecule has 4 unspecified atom stereocenters. The summed E-state index contributed by atoms with van der Waals surface area (Å²) in [6.07, 6.45) is 2.24. The van der Waals surface area contributed by atoms with Crippen molar-refractivity contribution in [3.63, 3.8) is 0 Å². The standard InChI is InChI=1S/C31H43BrN6O5/c1-18(2)26(35-30(42)43-31(4,5)6)27(39)33-19(3)28(40)38-16-7-9-23(36-38)29(41)37-15-8-10-25(37)22-14-12-20-11-13-21(32)17-24(20)34-22/h11-14,17-19,23,25-26,36H,7-10,15-16H2,1-6H3,(H,33,39)(H,35,42). The van der Waals surface area contributed by atoms with Crippen molar-refractivity contribution in [1.29, 1.82) is 0 Å². The number of nitrogens with zero attached hydrogens (tertiary/aromatic N) is 3. The Morgan fingerprint density at radius 2 is 1.72 bits per heavy atom. The molecule has 2 aromatic rings. The normalized spacial score (nSPS) is 20.6. The molecule has 0 aliphatic carbocycles. The minimum atomic E-state index is -0.884. The van der Waals surface area contributed by atoms with Gasteiger partial charge in [0, 0.05) is 22.9 Å². The largest absolute Gasteiger partial charge is 0.444 e. The van der Waals surface area contributed by atoms with Gasteiger partial charge in [-0.1, -0.05) is 41.9 Å². The van der Waals surface area contributed by atoms with Crippen LogP contribution in [-0.4, -0.2) is 75.5 Å². The number of aromatic nitrogens is 1. The summed E-state index contributed by atoms with van der Waals surface area (Å²) in [6.45, 7) is 11.5. The summed E-state index contributed by atoms with van der Waals surface area (Å²) in [5.74, 6) is -1.14. The number of carbonyl (C=O) groups is 4. The highest BCUT2D eigenvalue weighted by Crippen LogP contribution is 2.33. The summed E-state index contributed by atoms with van der Waals surface area (Å²) in [6, 6.07) is 7.53. The van der Waals surface area contributed by atoms with Crippen LogP contribution in [0.5, 0.6) is 0 Å². The SMILES string of the molecule is CC(NC(=O)C(NC(=O)OC(C)(C)C)C(C)C)C(=O)N1CCCC(C(=O)N2CCCC2c2ccc3ccc(Br)cc3n2)N1. The van der Waals surface area contributed by atoms with Gasteiger partial charge in [-0.05, 0) is 77.5 Å². The maximum atomic E-state index is 13.8. The second-order valence-corrected chi connectivity index (χ2v) is 13.6. The van der Waals surface area contributed by atoms with Crippen molar-refractivity contribution in [2.75, 3.05) is 13.1 Å². The van der Waals surface area contributed by atoms with Crippen molar-refractivity contribution in [3.05, 3.63) is 40.5 Å². The van der Waals surface area contributed by atoms with Crippen molar-refractivity contribution in [2.24, 2.45) is 5.92 Å². The van der Waals surface area contributed by atoms with E-state index in [0.717, 1.165) is 33.9 Å². The van der Waals surface area contributed by atoms with Crippen LogP contribution in [-0.2, 0) is 19.1 Å². The Kier molecular flexibility index (Phi) is 10.3. The number of nitrogens with one attached hydrogen (secondary N) is 3. The highest BCUT2D eigenvalue weighted by molar-refractivity contribution is 9.10. The molecular formula is C31H43BrN6O5. The number of alkyl carbamates (subject to hydrolysis) is 1. The lowest BCUT2D eigenvalue weighted by atomic mass is 10.0. The molecule has 1 aromatic heterocycles. The molecule has 0 saturated carbocycles. The molecule has 234 valence electrons. The molecule has 4 amide bonds. The van der Waals surface area contributed by atoms with Crippen LogP contribution >= 0.6 is 15.9 Å². The van der Waals surface area contributed by atoms with E-state index in [1.807, 2.05) is 35.2 Å². The number of rotatable bonds is 7. The number of hydrogen-bond donors (Lipinski definition) is 3. The van der Waals surface area contributed by atoms with E-state index in [4.69, 9.17) is 9.72 Å². The van der Waals surface area contributed by atoms with E-state index < -0.39 is 35.7 Å². The van der Waals surface area contributed by atoms with Gasteiger partial charge in [-0.3, -0.25) is 24.4 Å². The molecule has 4 atom stereocenters. The Morgan fingerprint density at radius 1 is 1.02 bits per heavy atom. The summed E-state index contributed by atoms with van der Waals surface area (Å²) in [5.41, 5.74) is 4.15. The Morgan fingerprint density at radius 3 is 2.42 bits per heavy atom. The van der Waals surface area contributed by atoms with E-state index >= 15 is 0 Å². The van der Waals surface area contributed by atoms with Crippen LogP contribution in [0.1, 0.15) is 79.0 Å². The van der Waals surface area contributed by atoms with Gasteiger partial charge in [-0.2, -0.15) is 0 Å². The van der Waals surface area contributed by atoms with Gasteiger partial charge in [0.15, 0.2) is 0 Å². The highest BCUT2D eigenvalue weighted by atomic mass is 79.9. The lowest BCUT2D eigenvalue weighted by Gasteiger charge is -2.37. The number of benzene rings is 1. The number of carbonyl (C=O) groups excluding carboxylic acids is 4. The second kappa shape index (κ2) is 13.6. The number of halogens is 1. The maximum Gasteiger partial charge on any atom is 0.408 e. The maximum absolute atomic E-state index is 13.8. The van der Waals surface area contributed by atoms with E-state index in [2.05, 4.69) is 32.0 Å². The molecule has 1 aromatic carbocycles. The van der Waals surface area contributed by atoms with Crippen LogP contribution in [0.2, 0.25) is 0 Å². The number of ether oxygens (including phenoxy) is 1.